The van der Waals surface area contributed by atoms with Crippen LogP contribution >= 0.6 is 0 Å². The van der Waals surface area contributed by atoms with Crippen LogP contribution in [0.1, 0.15) is 21.9 Å². The van der Waals surface area contributed by atoms with Crippen molar-refractivity contribution in [1.29, 1.82) is 0 Å². The molecule has 24 heavy (non-hydrogen) atoms. The molecule has 0 aliphatic carbocycles. The fourth-order valence-corrected chi connectivity index (χ4v) is 2.90. The van der Waals surface area contributed by atoms with E-state index in [1.807, 2.05) is 36.9 Å². The fraction of sp³-hybridized carbons (Fsp3) is 0.167. The number of anilines is 1. The molecule has 0 unspecified atom stereocenters. The Morgan fingerprint density at radius 3 is 2.83 bits per heavy atom. The first kappa shape index (κ1) is 14.4. The lowest BCUT2D eigenvalue weighted by Crippen LogP contribution is -2.11. The summed E-state index contributed by atoms with van der Waals surface area (Å²) in [5, 5.41) is 8.39. The minimum absolute atomic E-state index is 0.184. The largest absolute Gasteiger partial charge is 0.441 e. The molecule has 0 saturated heterocycles. The molecule has 0 saturated carbocycles. The van der Waals surface area contributed by atoms with E-state index >= 15 is 0 Å². The summed E-state index contributed by atoms with van der Waals surface area (Å²) in [6.07, 6.45) is 0. The van der Waals surface area contributed by atoms with E-state index in [0.29, 0.717) is 22.6 Å². The summed E-state index contributed by atoms with van der Waals surface area (Å²) in [7, 11) is 1.89. The summed E-state index contributed by atoms with van der Waals surface area (Å²) < 4.78 is 7.24. The Kier molecular flexibility index (Phi) is 3.13. The van der Waals surface area contributed by atoms with Crippen molar-refractivity contribution in [2.75, 3.05) is 5.32 Å². The number of oxazole rings is 1. The Labute approximate surface area is 138 Å². The van der Waals surface area contributed by atoms with Gasteiger partial charge in [-0.1, -0.05) is 0 Å². The summed E-state index contributed by atoms with van der Waals surface area (Å²) in [6.45, 7) is 3.75. The van der Waals surface area contributed by atoms with Crippen molar-refractivity contribution in [3.63, 3.8) is 0 Å². The van der Waals surface area contributed by atoms with Crippen LogP contribution in [0.2, 0.25) is 0 Å². The van der Waals surface area contributed by atoms with Gasteiger partial charge in [0.15, 0.2) is 11.5 Å². The molecule has 4 aromatic rings. The maximum atomic E-state index is 12.5. The number of aryl methyl sites for hydroxylation is 3. The van der Waals surface area contributed by atoms with Crippen LogP contribution in [0.5, 0.6) is 0 Å². The molecule has 1 amide bonds. The van der Waals surface area contributed by atoms with Gasteiger partial charge >= 0.3 is 0 Å². The Hall–Kier alpha value is -3.15. The van der Waals surface area contributed by atoms with Crippen LogP contribution in [0, 0.1) is 13.8 Å². The highest BCUT2D eigenvalue weighted by molar-refractivity contribution is 6.06. The lowest BCUT2D eigenvalue weighted by Gasteiger charge is -2.06. The summed E-state index contributed by atoms with van der Waals surface area (Å²) in [6, 6.07) is 11.0. The molecule has 6 heteroatoms. The Morgan fingerprint density at radius 2 is 2.00 bits per heavy atom. The Balaban J connectivity index is 1.65. The predicted molar refractivity (Wildman–Crippen MR) is 92.2 cm³/mol. The molecule has 1 N–H and O–H groups in total. The van der Waals surface area contributed by atoms with E-state index in [4.69, 9.17) is 4.42 Å². The van der Waals surface area contributed by atoms with Gasteiger partial charge in [-0.05, 0) is 43.3 Å². The third kappa shape index (κ3) is 2.32. The van der Waals surface area contributed by atoms with Gasteiger partial charge in [-0.2, -0.15) is 5.10 Å². The van der Waals surface area contributed by atoms with Gasteiger partial charge in [0.25, 0.3) is 5.91 Å². The molecule has 0 bridgehead atoms. The number of fused-ring (bicyclic) bond motifs is 2. The zero-order chi connectivity index (χ0) is 16.8. The molecule has 0 radical (unpaired) electrons. The summed E-state index contributed by atoms with van der Waals surface area (Å²) in [5.74, 6) is 0.399. The van der Waals surface area contributed by atoms with Crippen molar-refractivity contribution in [3.8, 4) is 0 Å². The fourth-order valence-electron chi connectivity index (χ4n) is 2.90. The number of carbonyl (C=O) groups is 1. The van der Waals surface area contributed by atoms with Crippen molar-refractivity contribution in [2.24, 2.45) is 7.05 Å². The number of carbonyl (C=O) groups excluding carboxylic acids is 1. The van der Waals surface area contributed by atoms with Crippen LogP contribution in [0.4, 0.5) is 5.69 Å². The van der Waals surface area contributed by atoms with Gasteiger partial charge in [-0.3, -0.25) is 9.48 Å². The number of benzene rings is 2. The first-order valence-corrected chi connectivity index (χ1v) is 7.63. The van der Waals surface area contributed by atoms with E-state index in [-0.39, 0.29) is 5.91 Å². The highest BCUT2D eigenvalue weighted by Crippen LogP contribution is 2.22. The molecule has 4 rings (SSSR count). The predicted octanol–water partition coefficient (Wildman–Crippen LogP) is 3.58. The lowest BCUT2D eigenvalue weighted by atomic mass is 10.1. The van der Waals surface area contributed by atoms with Gasteiger partial charge < -0.3 is 9.73 Å². The van der Waals surface area contributed by atoms with E-state index in [9.17, 15) is 4.79 Å². The Bertz CT molecular complexity index is 1090. The molecule has 0 spiro atoms. The standard InChI is InChI=1S/C18H16N4O2/c1-10-14-6-5-13(9-16(14)22(3)21-10)20-18(23)12-4-7-17-15(8-12)19-11(2)24-17/h4-9H,1-3H3,(H,20,23). The van der Waals surface area contributed by atoms with Crippen molar-refractivity contribution in [3.05, 3.63) is 53.5 Å². The summed E-state index contributed by atoms with van der Waals surface area (Å²) in [5.41, 5.74) is 4.57. The normalized spacial score (nSPS) is 11.3. The summed E-state index contributed by atoms with van der Waals surface area (Å²) in [4.78, 5) is 16.8. The number of aromatic nitrogens is 3. The molecule has 0 aliphatic rings. The first-order valence-electron chi connectivity index (χ1n) is 7.63. The molecule has 2 heterocycles. The van der Waals surface area contributed by atoms with Gasteiger partial charge in [0.2, 0.25) is 0 Å². The molecular formula is C18H16N4O2. The van der Waals surface area contributed by atoms with Crippen LogP contribution in [0.3, 0.4) is 0 Å². The molecule has 0 atom stereocenters. The second-order valence-corrected chi connectivity index (χ2v) is 5.81. The SMILES string of the molecule is Cc1nc2cc(C(=O)Nc3ccc4c(C)nn(C)c4c3)ccc2o1. The van der Waals surface area contributed by atoms with Crippen molar-refractivity contribution in [1.82, 2.24) is 14.8 Å². The van der Waals surface area contributed by atoms with Crippen molar-refractivity contribution < 1.29 is 9.21 Å². The molecule has 6 nitrogen and oxygen atoms in total. The smallest absolute Gasteiger partial charge is 0.255 e. The topological polar surface area (TPSA) is 73.0 Å². The van der Waals surface area contributed by atoms with Crippen LogP contribution in [0.25, 0.3) is 22.0 Å². The van der Waals surface area contributed by atoms with Crippen LogP contribution in [-0.4, -0.2) is 20.7 Å². The monoisotopic (exact) mass is 320 g/mol. The highest BCUT2D eigenvalue weighted by atomic mass is 16.3. The van der Waals surface area contributed by atoms with Gasteiger partial charge in [0, 0.05) is 30.6 Å². The van der Waals surface area contributed by atoms with E-state index in [1.165, 1.54) is 0 Å². The minimum Gasteiger partial charge on any atom is -0.441 e. The molecule has 0 fully saturated rings. The van der Waals surface area contributed by atoms with Crippen molar-refractivity contribution >= 4 is 33.6 Å². The zero-order valence-electron chi connectivity index (χ0n) is 13.6. The maximum absolute atomic E-state index is 12.5. The van der Waals surface area contributed by atoms with Crippen LogP contribution in [-0.2, 0) is 7.05 Å². The second kappa shape index (κ2) is 5.19. The van der Waals surface area contributed by atoms with Crippen LogP contribution in [0.15, 0.2) is 40.8 Å². The van der Waals surface area contributed by atoms with Gasteiger partial charge in [0.1, 0.15) is 5.52 Å². The van der Waals surface area contributed by atoms with E-state index < -0.39 is 0 Å². The second-order valence-electron chi connectivity index (χ2n) is 5.81. The van der Waals surface area contributed by atoms with Gasteiger partial charge in [0.05, 0.1) is 11.2 Å². The number of hydrogen-bond acceptors (Lipinski definition) is 4. The number of hydrogen-bond donors (Lipinski definition) is 1. The molecule has 0 aliphatic heterocycles. The highest BCUT2D eigenvalue weighted by Gasteiger charge is 2.11. The third-order valence-electron chi connectivity index (χ3n) is 4.05. The van der Waals surface area contributed by atoms with Gasteiger partial charge in [-0.15, -0.1) is 0 Å². The lowest BCUT2D eigenvalue weighted by molar-refractivity contribution is 0.102. The third-order valence-corrected chi connectivity index (χ3v) is 4.05. The van der Waals surface area contributed by atoms with Crippen LogP contribution < -0.4 is 5.32 Å². The van der Waals surface area contributed by atoms with E-state index in [1.54, 1.807) is 25.1 Å². The molecular weight excluding hydrogens is 304 g/mol. The number of amides is 1. The first-order chi connectivity index (χ1) is 11.5. The molecule has 120 valence electrons. The maximum Gasteiger partial charge on any atom is 0.255 e. The van der Waals surface area contributed by atoms with E-state index in [2.05, 4.69) is 15.4 Å². The molecule has 2 aromatic carbocycles. The van der Waals surface area contributed by atoms with E-state index in [0.717, 1.165) is 22.3 Å². The summed E-state index contributed by atoms with van der Waals surface area (Å²) >= 11 is 0. The molecule has 2 aromatic heterocycles. The number of nitrogens with one attached hydrogen (secondary N) is 1. The average molecular weight is 320 g/mol. The quantitative estimate of drug-likeness (QED) is 0.612. The van der Waals surface area contributed by atoms with Crippen molar-refractivity contribution in [2.45, 2.75) is 13.8 Å². The average Bonchev–Trinajstić information content (AvgIpc) is 3.05. The zero-order valence-corrected chi connectivity index (χ0v) is 13.6. The number of rotatable bonds is 2. The Morgan fingerprint density at radius 1 is 1.17 bits per heavy atom. The number of nitrogens with zero attached hydrogens (tertiary/aromatic N) is 3. The minimum atomic E-state index is -0.184. The van der Waals surface area contributed by atoms with Gasteiger partial charge in [-0.25, -0.2) is 4.98 Å².